The van der Waals surface area contributed by atoms with E-state index < -0.39 is 8.25 Å². The molecule has 1 unspecified atom stereocenters. The minimum Gasteiger partial charge on any atom is -0.566 e. The van der Waals surface area contributed by atoms with Crippen LogP contribution in [0.15, 0.2) is 12.7 Å². The van der Waals surface area contributed by atoms with Crippen molar-refractivity contribution in [2.24, 2.45) is 0 Å². The normalized spacial score (nSPS) is 9.38. The van der Waals surface area contributed by atoms with Crippen LogP contribution in [-0.2, 0) is 35.3 Å². The van der Waals surface area contributed by atoms with Crippen molar-refractivity contribution in [2.45, 2.75) is 0 Å². The molecule has 8 heavy (non-hydrogen) atoms. The first-order chi connectivity index (χ1) is 3.27. The maximum atomic E-state index is 9.53. The molecule has 0 aliphatic rings. The molecule has 0 aliphatic heterocycles. The van der Waals surface area contributed by atoms with E-state index in [2.05, 4.69) is 11.1 Å². The van der Waals surface area contributed by atoms with Crippen LogP contribution in [0.3, 0.4) is 0 Å². The average Bonchev–Trinajstić information content (AvgIpc) is 1.61. The molecule has 0 rings (SSSR count). The summed E-state index contributed by atoms with van der Waals surface area (Å²) in [7, 11) is -2.68. The maximum absolute atomic E-state index is 9.53. The summed E-state index contributed by atoms with van der Waals surface area (Å²) in [6.07, 6.45) is 1.37. The summed E-state index contributed by atoms with van der Waals surface area (Å²) in [5.41, 5.74) is 0. The van der Waals surface area contributed by atoms with Crippen LogP contribution in [0.4, 0.5) is 0 Å². The van der Waals surface area contributed by atoms with E-state index >= 15 is 0 Å². The van der Waals surface area contributed by atoms with Gasteiger partial charge in [-0.25, -0.2) is 0 Å². The minimum absolute atomic E-state index is 0. The van der Waals surface area contributed by atoms with Crippen LogP contribution in [0.5, 0.6) is 0 Å². The zero-order valence-corrected chi connectivity index (χ0v) is 7.52. The zero-order chi connectivity index (χ0) is 5.70. The summed E-state index contributed by atoms with van der Waals surface area (Å²) >= 11 is 0. The number of hydrogen-bond donors (Lipinski definition) is 0. The van der Waals surface area contributed by atoms with Gasteiger partial charge >= 0.3 is 34.5 Å². The van der Waals surface area contributed by atoms with Crippen molar-refractivity contribution in [3.63, 3.8) is 0 Å². The molecule has 0 saturated carbocycles. The quantitative estimate of drug-likeness (QED) is 0.495. The third kappa shape index (κ3) is 9.81. The summed E-state index contributed by atoms with van der Waals surface area (Å²) in [5, 5.41) is 0. The second-order valence-corrected chi connectivity index (χ2v) is 1.51. The van der Waals surface area contributed by atoms with Gasteiger partial charge in [0.15, 0.2) is 0 Å². The van der Waals surface area contributed by atoms with Crippen molar-refractivity contribution in [3.8, 4) is 0 Å². The second-order valence-electron chi connectivity index (χ2n) is 0.808. The van der Waals surface area contributed by atoms with Crippen LogP contribution in [0.25, 0.3) is 0 Å². The van der Waals surface area contributed by atoms with E-state index in [1.165, 1.54) is 6.08 Å². The Labute approximate surface area is 67.8 Å². The van der Waals surface area contributed by atoms with E-state index in [1.54, 1.807) is 0 Å². The van der Waals surface area contributed by atoms with Gasteiger partial charge < -0.3 is 4.89 Å². The van der Waals surface area contributed by atoms with E-state index in [-0.39, 0.29) is 32.8 Å². The van der Waals surface area contributed by atoms with E-state index in [9.17, 15) is 9.46 Å². The molecule has 1 atom stereocenters. The van der Waals surface area contributed by atoms with Crippen molar-refractivity contribution in [2.75, 3.05) is 6.61 Å². The van der Waals surface area contributed by atoms with E-state index in [0.717, 1.165) is 0 Å². The Morgan fingerprint density at radius 2 is 2.38 bits per heavy atom. The van der Waals surface area contributed by atoms with Gasteiger partial charge in [-0.1, -0.05) is 6.08 Å². The molecule has 0 bridgehead atoms. The third-order valence-electron chi connectivity index (χ3n) is 0.298. The van der Waals surface area contributed by atoms with Gasteiger partial charge in [0.2, 0.25) is 0 Å². The molecule has 0 aromatic heterocycles. The Hall–Kier alpha value is 0.643. The predicted molar refractivity (Wildman–Crippen MR) is 23.8 cm³/mol. The van der Waals surface area contributed by atoms with Gasteiger partial charge in [0.05, 0.1) is 0 Å². The first kappa shape index (κ1) is 11.4. The molecule has 5 heteroatoms. The van der Waals surface area contributed by atoms with Crippen molar-refractivity contribution < 1.29 is 40.2 Å². The second kappa shape index (κ2) is 7.64. The SMILES string of the molecule is C=CCO[P+](=O)[O-].[Zr+2]. The fraction of sp³-hybridized carbons (Fsp3) is 0.333. The zero-order valence-electron chi connectivity index (χ0n) is 4.16. The van der Waals surface area contributed by atoms with Crippen LogP contribution in [0.2, 0.25) is 0 Å². The molecule has 0 amide bonds. The molecule has 0 spiro atoms. The van der Waals surface area contributed by atoms with Crippen molar-refractivity contribution in [3.05, 3.63) is 12.7 Å². The Morgan fingerprint density at radius 1 is 1.88 bits per heavy atom. The molecular weight excluding hydrogens is 206 g/mol. The van der Waals surface area contributed by atoms with Crippen LogP contribution in [0.1, 0.15) is 0 Å². The molecule has 42 valence electrons. The van der Waals surface area contributed by atoms with E-state index in [4.69, 9.17) is 0 Å². The summed E-state index contributed by atoms with van der Waals surface area (Å²) in [6, 6.07) is 0. The van der Waals surface area contributed by atoms with Gasteiger partial charge in [-0.3, -0.25) is 0 Å². The monoisotopic (exact) mass is 210 g/mol. The van der Waals surface area contributed by atoms with Crippen molar-refractivity contribution in [1.82, 2.24) is 0 Å². The molecule has 0 fully saturated rings. The molecule has 0 aromatic rings. The Balaban J connectivity index is 0. The summed E-state index contributed by atoms with van der Waals surface area (Å²) in [4.78, 5) is 9.53. The molecular formula is C3H5O3PZr+2. The molecule has 0 saturated heterocycles. The molecule has 0 radical (unpaired) electrons. The standard InChI is InChI=1S/C3H5O3P.Zr/c1-2-3-6-7(4)5;/h2H,1,3H2;/q;+2. The molecule has 0 heterocycles. The Bertz CT molecular complexity index is 84.6. The smallest absolute Gasteiger partial charge is 0.566 e. The van der Waals surface area contributed by atoms with Crippen LogP contribution in [-0.4, -0.2) is 6.61 Å². The van der Waals surface area contributed by atoms with Crippen LogP contribution < -0.4 is 4.89 Å². The van der Waals surface area contributed by atoms with Gasteiger partial charge in [0.25, 0.3) is 0 Å². The van der Waals surface area contributed by atoms with Gasteiger partial charge in [0.1, 0.15) is 6.61 Å². The molecule has 3 nitrogen and oxygen atoms in total. The number of hydrogen-bond acceptors (Lipinski definition) is 3. The average molecular weight is 211 g/mol. The summed E-state index contributed by atoms with van der Waals surface area (Å²) in [5.74, 6) is 0. The predicted octanol–water partition coefficient (Wildman–Crippen LogP) is 0.204. The minimum atomic E-state index is -2.68. The molecule has 0 aliphatic carbocycles. The Morgan fingerprint density at radius 3 is 2.50 bits per heavy atom. The van der Waals surface area contributed by atoms with Crippen molar-refractivity contribution >= 4 is 8.25 Å². The van der Waals surface area contributed by atoms with Gasteiger partial charge in [-0.15, -0.1) is 11.1 Å². The van der Waals surface area contributed by atoms with E-state index in [1.807, 2.05) is 0 Å². The topological polar surface area (TPSA) is 49.4 Å². The van der Waals surface area contributed by atoms with Gasteiger partial charge in [0, 0.05) is 0 Å². The van der Waals surface area contributed by atoms with Crippen LogP contribution in [0, 0.1) is 0 Å². The third-order valence-corrected chi connectivity index (χ3v) is 0.658. The van der Waals surface area contributed by atoms with Gasteiger partial charge in [-0.05, 0) is 4.57 Å². The van der Waals surface area contributed by atoms with Gasteiger partial charge in [-0.2, -0.15) is 0 Å². The maximum Gasteiger partial charge on any atom is 2.00 e. The number of rotatable bonds is 3. The van der Waals surface area contributed by atoms with Crippen molar-refractivity contribution in [1.29, 1.82) is 0 Å². The van der Waals surface area contributed by atoms with Crippen LogP contribution >= 0.6 is 8.25 Å². The molecule has 0 aromatic carbocycles. The summed E-state index contributed by atoms with van der Waals surface area (Å²) in [6.45, 7) is 3.31. The fourth-order valence-corrected chi connectivity index (χ4v) is 0.341. The molecule has 0 N–H and O–H groups in total. The fourth-order valence-electron chi connectivity index (χ4n) is 0.114. The largest absolute Gasteiger partial charge is 2.00 e. The summed E-state index contributed by atoms with van der Waals surface area (Å²) < 4.78 is 13.6. The first-order valence-electron chi connectivity index (χ1n) is 1.65. The Kier molecular flexibility index (Phi) is 10.9. The van der Waals surface area contributed by atoms with E-state index in [0.29, 0.717) is 0 Å². The first-order valence-corrected chi connectivity index (χ1v) is 2.75.